The molecule has 142 valence electrons. The molecular weight excluding hydrogens is 368 g/mol. The van der Waals surface area contributed by atoms with Crippen molar-refractivity contribution in [3.63, 3.8) is 0 Å². The van der Waals surface area contributed by atoms with Gasteiger partial charge in [0.25, 0.3) is 0 Å². The third-order valence-corrected chi connectivity index (χ3v) is 6.19. The average Bonchev–Trinajstić information content (AvgIpc) is 3.43. The molecule has 4 aliphatic rings. The molecule has 3 atom stereocenters. The maximum atomic E-state index is 13.3. The summed E-state index contributed by atoms with van der Waals surface area (Å²) in [5, 5.41) is 29.7. The van der Waals surface area contributed by atoms with Gasteiger partial charge in [-0.15, -0.1) is 0 Å². The van der Waals surface area contributed by atoms with Gasteiger partial charge in [0.15, 0.2) is 22.7 Å². The lowest BCUT2D eigenvalue weighted by molar-refractivity contribution is -0.124. The van der Waals surface area contributed by atoms with E-state index in [9.17, 15) is 20.6 Å². The van der Waals surface area contributed by atoms with Crippen LogP contribution >= 0.6 is 0 Å². The van der Waals surface area contributed by atoms with Crippen molar-refractivity contribution in [3.05, 3.63) is 47.7 Å². The quantitative estimate of drug-likeness (QED) is 0.787. The van der Waals surface area contributed by atoms with Crippen LogP contribution in [0.15, 0.2) is 42.1 Å². The second-order valence-corrected chi connectivity index (χ2v) is 7.75. The number of rotatable bonds is 3. The predicted molar refractivity (Wildman–Crippen MR) is 98.9 cm³/mol. The molecular formula is C22H16N4O3. The minimum absolute atomic E-state index is 0.0221. The van der Waals surface area contributed by atoms with Crippen LogP contribution in [0.1, 0.15) is 24.3 Å². The fraction of sp³-hybridized carbons (Fsp3) is 0.364. The first kappa shape index (κ1) is 17.3. The summed E-state index contributed by atoms with van der Waals surface area (Å²) in [4.78, 5) is 15.1. The second-order valence-electron chi connectivity index (χ2n) is 7.75. The molecule has 29 heavy (non-hydrogen) atoms. The van der Waals surface area contributed by atoms with Crippen LogP contribution in [-0.2, 0) is 4.79 Å². The topological polar surface area (TPSA) is 110 Å². The van der Waals surface area contributed by atoms with Crippen molar-refractivity contribution in [3.8, 4) is 29.7 Å². The fourth-order valence-electron chi connectivity index (χ4n) is 4.66. The monoisotopic (exact) mass is 384 g/mol. The zero-order chi connectivity index (χ0) is 20.2. The lowest BCUT2D eigenvalue weighted by atomic mass is 9.69. The molecule has 7 heteroatoms. The molecule has 0 bridgehead atoms. The van der Waals surface area contributed by atoms with Crippen molar-refractivity contribution in [2.75, 3.05) is 6.79 Å². The first-order chi connectivity index (χ1) is 14.1. The van der Waals surface area contributed by atoms with Crippen molar-refractivity contribution in [1.82, 2.24) is 4.90 Å². The summed E-state index contributed by atoms with van der Waals surface area (Å²) in [7, 11) is 0. The highest BCUT2D eigenvalue weighted by atomic mass is 16.7. The van der Waals surface area contributed by atoms with Crippen LogP contribution in [0.25, 0.3) is 0 Å². The van der Waals surface area contributed by atoms with E-state index in [4.69, 9.17) is 9.47 Å². The van der Waals surface area contributed by atoms with Crippen LogP contribution < -0.4 is 9.47 Å². The van der Waals surface area contributed by atoms with Gasteiger partial charge in [0.1, 0.15) is 6.07 Å². The number of carbonyl (C=O) groups excluding carboxylic acids is 1. The largest absolute Gasteiger partial charge is 0.454 e. The number of nitrogens with zero attached hydrogens (tertiary/aromatic N) is 4. The van der Waals surface area contributed by atoms with Crippen molar-refractivity contribution < 1.29 is 14.3 Å². The van der Waals surface area contributed by atoms with Crippen LogP contribution in [-0.4, -0.2) is 29.6 Å². The molecule has 0 unspecified atom stereocenters. The Hall–Kier alpha value is -3.76. The van der Waals surface area contributed by atoms with E-state index in [0.29, 0.717) is 22.6 Å². The highest BCUT2D eigenvalue weighted by Crippen LogP contribution is 2.55. The molecule has 1 saturated carbocycles. The fourth-order valence-corrected chi connectivity index (χ4v) is 4.66. The number of benzene rings is 1. The number of ether oxygens (including phenoxy) is 2. The van der Waals surface area contributed by atoms with Gasteiger partial charge in [0.05, 0.1) is 29.8 Å². The van der Waals surface area contributed by atoms with Crippen molar-refractivity contribution in [2.45, 2.75) is 30.8 Å². The molecule has 3 aliphatic heterocycles. The van der Waals surface area contributed by atoms with Gasteiger partial charge in [-0.05, 0) is 36.6 Å². The van der Waals surface area contributed by atoms with E-state index in [2.05, 4.69) is 18.2 Å². The molecule has 0 amide bonds. The number of ketones is 1. The van der Waals surface area contributed by atoms with Gasteiger partial charge in [0, 0.05) is 18.0 Å². The van der Waals surface area contributed by atoms with Crippen LogP contribution in [0, 0.1) is 45.3 Å². The molecule has 0 aromatic heterocycles. The average molecular weight is 384 g/mol. The summed E-state index contributed by atoms with van der Waals surface area (Å²) >= 11 is 0. The van der Waals surface area contributed by atoms with Gasteiger partial charge in [-0.1, -0.05) is 12.1 Å². The van der Waals surface area contributed by atoms with Crippen LogP contribution in [0.5, 0.6) is 11.5 Å². The van der Waals surface area contributed by atoms with Gasteiger partial charge in [-0.25, -0.2) is 0 Å². The lowest BCUT2D eigenvalue weighted by Gasteiger charge is -2.30. The Morgan fingerprint density at radius 3 is 2.59 bits per heavy atom. The Bertz CT molecular complexity index is 1080. The molecule has 2 fully saturated rings. The van der Waals surface area contributed by atoms with Gasteiger partial charge < -0.3 is 14.4 Å². The summed E-state index contributed by atoms with van der Waals surface area (Å²) in [5.74, 6) is 0.423. The first-order valence-corrected chi connectivity index (χ1v) is 9.46. The zero-order valence-corrected chi connectivity index (χ0v) is 15.4. The molecule has 3 heterocycles. The second kappa shape index (κ2) is 6.12. The minimum atomic E-state index is -1.48. The predicted octanol–water partition coefficient (Wildman–Crippen LogP) is 2.54. The van der Waals surface area contributed by atoms with Crippen molar-refractivity contribution in [2.24, 2.45) is 11.3 Å². The summed E-state index contributed by atoms with van der Waals surface area (Å²) in [6, 6.07) is 10.6. The van der Waals surface area contributed by atoms with E-state index in [-0.39, 0.29) is 18.5 Å². The SMILES string of the molecule is N#CC1=CN2[C@H](C(=O)C3CC3)[C@@H](c3ccc4c(c3)OCO4)C(C#N)(C#N)[C@H]2C=C1. The summed E-state index contributed by atoms with van der Waals surface area (Å²) in [6.45, 7) is 0.112. The van der Waals surface area contributed by atoms with Crippen LogP contribution in [0.2, 0.25) is 0 Å². The van der Waals surface area contributed by atoms with Crippen LogP contribution in [0.3, 0.4) is 0 Å². The first-order valence-electron chi connectivity index (χ1n) is 9.46. The van der Waals surface area contributed by atoms with Crippen molar-refractivity contribution >= 4 is 5.78 Å². The van der Waals surface area contributed by atoms with E-state index >= 15 is 0 Å². The normalized spacial score (nSPS) is 28.0. The molecule has 0 N–H and O–H groups in total. The molecule has 1 aliphatic carbocycles. The number of nitriles is 3. The number of hydrogen-bond acceptors (Lipinski definition) is 7. The van der Waals surface area contributed by atoms with E-state index in [1.807, 2.05) is 0 Å². The molecule has 7 nitrogen and oxygen atoms in total. The summed E-state index contributed by atoms with van der Waals surface area (Å²) in [6.07, 6.45) is 6.57. The van der Waals surface area contributed by atoms with Gasteiger partial charge in [-0.3, -0.25) is 4.79 Å². The lowest BCUT2D eigenvalue weighted by Crippen LogP contribution is -2.40. The number of carbonyl (C=O) groups is 1. The molecule has 0 radical (unpaired) electrons. The Morgan fingerprint density at radius 2 is 1.90 bits per heavy atom. The summed E-state index contributed by atoms with van der Waals surface area (Å²) < 4.78 is 10.9. The Kier molecular flexibility index (Phi) is 3.66. The van der Waals surface area contributed by atoms with E-state index in [1.54, 1.807) is 41.5 Å². The Morgan fingerprint density at radius 1 is 1.14 bits per heavy atom. The van der Waals surface area contributed by atoms with Gasteiger partial charge in [-0.2, -0.15) is 15.8 Å². The zero-order valence-electron chi connectivity index (χ0n) is 15.4. The summed E-state index contributed by atoms with van der Waals surface area (Å²) in [5.41, 5.74) is -0.395. The third kappa shape index (κ3) is 2.36. The van der Waals surface area contributed by atoms with Crippen LogP contribution in [0.4, 0.5) is 0 Å². The van der Waals surface area contributed by atoms with E-state index in [0.717, 1.165) is 12.8 Å². The van der Waals surface area contributed by atoms with Gasteiger partial charge in [0.2, 0.25) is 6.79 Å². The highest BCUT2D eigenvalue weighted by Gasteiger charge is 2.63. The molecule has 1 aromatic rings. The number of hydrogen-bond donors (Lipinski definition) is 0. The molecule has 1 saturated heterocycles. The third-order valence-electron chi connectivity index (χ3n) is 6.19. The Balaban J connectivity index is 1.71. The Labute approximate surface area is 167 Å². The van der Waals surface area contributed by atoms with E-state index in [1.165, 1.54) is 0 Å². The van der Waals surface area contributed by atoms with Gasteiger partial charge >= 0.3 is 0 Å². The van der Waals surface area contributed by atoms with E-state index < -0.39 is 23.4 Å². The number of allylic oxidation sites excluding steroid dienone is 2. The molecule has 0 spiro atoms. The highest BCUT2D eigenvalue weighted by molar-refractivity contribution is 5.90. The standard InChI is InChI=1S/C22H16N4O3/c23-8-13-1-6-18-22(10-24,11-25)19(15-4-5-16-17(7-15)29-12-28-16)20(26(18)9-13)21(27)14-2-3-14/h1,4-7,9,14,18-20H,2-3,12H2/t18-,19-,20+/m1/s1. The molecule has 1 aromatic carbocycles. The smallest absolute Gasteiger partial charge is 0.231 e. The van der Waals surface area contributed by atoms with Crippen molar-refractivity contribution in [1.29, 1.82) is 15.8 Å². The minimum Gasteiger partial charge on any atom is -0.454 e. The maximum Gasteiger partial charge on any atom is 0.231 e. The maximum absolute atomic E-state index is 13.3. The molecule has 5 rings (SSSR count). The number of fused-ring (bicyclic) bond motifs is 2. The number of Topliss-reactive ketones (excluding diaryl/α,β-unsaturated/α-hetero) is 1.